The Morgan fingerprint density at radius 3 is 2.67 bits per heavy atom. The zero-order valence-corrected chi connectivity index (χ0v) is 9.92. The minimum Gasteiger partial charge on any atom is -0.250 e. The van der Waals surface area contributed by atoms with Gasteiger partial charge in [0.05, 0.1) is 0 Å². The molecule has 0 bridgehead atoms. The lowest BCUT2D eigenvalue weighted by molar-refractivity contribution is -0.301. The van der Waals surface area contributed by atoms with Crippen molar-refractivity contribution in [2.75, 3.05) is 13.1 Å². The van der Waals surface area contributed by atoms with Gasteiger partial charge >= 0.3 is 10.4 Å². The average molecular weight is 235 g/mol. The third-order valence-corrected chi connectivity index (χ3v) is 3.87. The molecule has 88 valence electrons. The highest BCUT2D eigenvalue weighted by Crippen LogP contribution is 2.43. The van der Waals surface area contributed by atoms with Crippen LogP contribution in [0.5, 0.6) is 0 Å². The summed E-state index contributed by atoms with van der Waals surface area (Å²) in [6.07, 6.45) is 2.66. The molecule has 6 heteroatoms. The van der Waals surface area contributed by atoms with Crippen LogP contribution in [-0.2, 0) is 18.8 Å². The number of likely N-dealkylation sites (tertiary alicyclic amines) is 1. The van der Waals surface area contributed by atoms with E-state index in [2.05, 4.69) is 13.8 Å². The molecule has 2 saturated heterocycles. The van der Waals surface area contributed by atoms with Crippen LogP contribution >= 0.6 is 0 Å². The number of rotatable bonds is 2. The summed E-state index contributed by atoms with van der Waals surface area (Å²) >= 11 is 0. The van der Waals surface area contributed by atoms with Crippen molar-refractivity contribution in [1.29, 1.82) is 0 Å². The topological polar surface area (TPSA) is 55.8 Å². The molecule has 0 aromatic rings. The molecule has 2 heterocycles. The maximum Gasteiger partial charge on any atom is 0.407 e. The second-order valence-electron chi connectivity index (χ2n) is 4.37. The summed E-state index contributed by atoms with van der Waals surface area (Å²) in [7, 11) is -3.71. The second kappa shape index (κ2) is 3.69. The van der Waals surface area contributed by atoms with E-state index in [-0.39, 0.29) is 0 Å². The maximum atomic E-state index is 10.9. The Kier molecular flexibility index (Phi) is 2.79. The molecule has 1 unspecified atom stereocenters. The third kappa shape index (κ3) is 2.04. The van der Waals surface area contributed by atoms with E-state index in [4.69, 9.17) is 8.37 Å². The fraction of sp³-hybridized carbons (Fsp3) is 1.00. The van der Waals surface area contributed by atoms with Gasteiger partial charge in [0.15, 0.2) is 0 Å². The lowest BCUT2D eigenvalue weighted by Gasteiger charge is -2.50. The zero-order chi connectivity index (χ0) is 11.1. The summed E-state index contributed by atoms with van der Waals surface area (Å²) in [6, 6.07) is 0. The van der Waals surface area contributed by atoms with Gasteiger partial charge in [-0.05, 0) is 18.8 Å². The van der Waals surface area contributed by atoms with Gasteiger partial charge in [0.25, 0.3) is 5.91 Å². The Bertz CT molecular complexity index is 328. The molecule has 2 fully saturated rings. The van der Waals surface area contributed by atoms with Crippen molar-refractivity contribution in [1.82, 2.24) is 4.90 Å². The van der Waals surface area contributed by atoms with Crippen molar-refractivity contribution in [2.24, 2.45) is 5.92 Å². The van der Waals surface area contributed by atoms with Gasteiger partial charge in [-0.15, -0.1) is 0 Å². The van der Waals surface area contributed by atoms with Crippen molar-refractivity contribution in [3.8, 4) is 0 Å². The molecule has 1 atom stereocenters. The monoisotopic (exact) mass is 235 g/mol. The molecule has 1 spiro atoms. The number of hydrogen-bond donors (Lipinski definition) is 0. The van der Waals surface area contributed by atoms with Crippen LogP contribution in [0.4, 0.5) is 0 Å². The van der Waals surface area contributed by atoms with Crippen LogP contribution in [-0.4, -0.2) is 32.3 Å². The van der Waals surface area contributed by atoms with Crippen LogP contribution in [0.3, 0.4) is 0 Å². The fourth-order valence-corrected chi connectivity index (χ4v) is 3.27. The van der Waals surface area contributed by atoms with Crippen LogP contribution in [0.15, 0.2) is 0 Å². The standard InChI is InChI=1S/C9H17NO4S/c1-3-5-10-6-4-8(2)7-9(10)13-15(11,12)14-9/h8H,3-7H2,1-2H3. The van der Waals surface area contributed by atoms with Crippen molar-refractivity contribution in [3.05, 3.63) is 0 Å². The van der Waals surface area contributed by atoms with Gasteiger partial charge in [0.1, 0.15) is 0 Å². The molecule has 0 amide bonds. The quantitative estimate of drug-likeness (QED) is 0.716. The first-order chi connectivity index (χ1) is 6.97. The minimum absolute atomic E-state index is 0.439. The van der Waals surface area contributed by atoms with E-state index in [0.717, 1.165) is 25.9 Å². The molecular weight excluding hydrogens is 218 g/mol. The van der Waals surface area contributed by atoms with Gasteiger partial charge in [-0.25, -0.2) is 0 Å². The first-order valence-electron chi connectivity index (χ1n) is 5.39. The molecule has 0 aromatic carbocycles. The molecule has 0 aromatic heterocycles. The third-order valence-electron chi connectivity index (χ3n) is 2.94. The van der Waals surface area contributed by atoms with E-state index in [1.54, 1.807) is 0 Å². The molecule has 0 aliphatic carbocycles. The molecule has 0 saturated carbocycles. The van der Waals surface area contributed by atoms with Gasteiger partial charge in [0.2, 0.25) is 0 Å². The number of nitrogens with zero attached hydrogens (tertiary/aromatic N) is 1. The smallest absolute Gasteiger partial charge is 0.250 e. The largest absolute Gasteiger partial charge is 0.407 e. The van der Waals surface area contributed by atoms with E-state index in [1.807, 2.05) is 4.90 Å². The van der Waals surface area contributed by atoms with Gasteiger partial charge in [-0.2, -0.15) is 16.8 Å². The second-order valence-corrected chi connectivity index (χ2v) is 5.52. The van der Waals surface area contributed by atoms with E-state index in [0.29, 0.717) is 12.3 Å². The van der Waals surface area contributed by atoms with Gasteiger partial charge in [-0.3, -0.25) is 4.90 Å². The number of piperidine rings is 1. The lowest BCUT2D eigenvalue weighted by Crippen LogP contribution is -2.65. The van der Waals surface area contributed by atoms with Crippen LogP contribution in [0, 0.1) is 5.92 Å². The van der Waals surface area contributed by atoms with E-state index in [1.165, 1.54) is 0 Å². The fourth-order valence-electron chi connectivity index (χ4n) is 2.27. The molecule has 2 rings (SSSR count). The molecule has 15 heavy (non-hydrogen) atoms. The predicted molar refractivity (Wildman–Crippen MR) is 54.1 cm³/mol. The van der Waals surface area contributed by atoms with E-state index in [9.17, 15) is 8.42 Å². The Labute approximate surface area is 90.7 Å². The summed E-state index contributed by atoms with van der Waals surface area (Å²) in [4.78, 5) is 1.98. The van der Waals surface area contributed by atoms with Crippen LogP contribution < -0.4 is 0 Å². The number of hydrogen-bond acceptors (Lipinski definition) is 5. The average Bonchev–Trinajstić information content (AvgIpc) is 2.07. The Morgan fingerprint density at radius 2 is 2.13 bits per heavy atom. The summed E-state index contributed by atoms with van der Waals surface area (Å²) < 4.78 is 31.8. The Morgan fingerprint density at radius 1 is 1.47 bits per heavy atom. The van der Waals surface area contributed by atoms with Crippen LogP contribution in [0.2, 0.25) is 0 Å². The molecule has 5 nitrogen and oxygen atoms in total. The molecule has 0 radical (unpaired) electrons. The maximum absolute atomic E-state index is 10.9. The van der Waals surface area contributed by atoms with Crippen molar-refractivity contribution < 1.29 is 16.8 Å². The molecule has 2 aliphatic heterocycles. The van der Waals surface area contributed by atoms with Crippen molar-refractivity contribution in [2.45, 2.75) is 39.0 Å². The van der Waals surface area contributed by atoms with Gasteiger partial charge in [-0.1, -0.05) is 13.8 Å². The normalized spacial score (nSPS) is 33.9. The van der Waals surface area contributed by atoms with Crippen LogP contribution in [0.25, 0.3) is 0 Å². The Balaban J connectivity index is 2.11. The minimum atomic E-state index is -3.71. The molecule has 2 aliphatic rings. The van der Waals surface area contributed by atoms with Crippen molar-refractivity contribution >= 4 is 10.4 Å². The van der Waals surface area contributed by atoms with E-state index < -0.39 is 16.3 Å². The highest BCUT2D eigenvalue weighted by molar-refractivity contribution is 7.82. The highest BCUT2D eigenvalue weighted by Gasteiger charge is 2.58. The first kappa shape index (κ1) is 11.3. The summed E-state index contributed by atoms with van der Waals surface area (Å²) in [5.74, 6) is -0.541. The summed E-state index contributed by atoms with van der Waals surface area (Å²) in [5, 5.41) is 0. The lowest BCUT2D eigenvalue weighted by atomic mass is 9.95. The molecular formula is C9H17NO4S. The van der Waals surface area contributed by atoms with Crippen molar-refractivity contribution in [3.63, 3.8) is 0 Å². The molecule has 0 N–H and O–H groups in total. The zero-order valence-electron chi connectivity index (χ0n) is 9.10. The van der Waals surface area contributed by atoms with E-state index >= 15 is 0 Å². The van der Waals surface area contributed by atoms with Gasteiger partial charge in [0, 0.05) is 19.5 Å². The van der Waals surface area contributed by atoms with Gasteiger partial charge < -0.3 is 0 Å². The summed E-state index contributed by atoms with van der Waals surface area (Å²) in [5.41, 5.74) is 0. The SMILES string of the molecule is CCCN1CCC(C)CC12OS(=O)(=O)O2. The highest BCUT2D eigenvalue weighted by atomic mass is 32.3. The first-order valence-corrected chi connectivity index (χ1v) is 6.72. The predicted octanol–water partition coefficient (Wildman–Crippen LogP) is 1.07. The van der Waals surface area contributed by atoms with Crippen LogP contribution in [0.1, 0.15) is 33.1 Å². The Hall–Kier alpha value is -0.170. The summed E-state index contributed by atoms with van der Waals surface area (Å²) in [6.45, 7) is 5.79.